The maximum atomic E-state index is 13.8. The summed E-state index contributed by atoms with van der Waals surface area (Å²) < 4.78 is 22.0. The van der Waals surface area contributed by atoms with Crippen LogP contribution >= 0.6 is 27.5 Å². The van der Waals surface area contributed by atoms with Crippen molar-refractivity contribution < 1.29 is 9.13 Å². The van der Waals surface area contributed by atoms with Crippen molar-refractivity contribution in [2.45, 2.75) is 44.2 Å². The van der Waals surface area contributed by atoms with Crippen LogP contribution in [0.4, 0.5) is 4.39 Å². The smallest absolute Gasteiger partial charge is 0.139 e. The van der Waals surface area contributed by atoms with Crippen molar-refractivity contribution in [2.24, 2.45) is 0 Å². The lowest BCUT2D eigenvalue weighted by Gasteiger charge is -2.23. The third-order valence-electron chi connectivity index (χ3n) is 3.94. The van der Waals surface area contributed by atoms with Crippen LogP contribution < -0.4 is 0 Å². The van der Waals surface area contributed by atoms with E-state index in [9.17, 15) is 4.39 Å². The van der Waals surface area contributed by atoms with Gasteiger partial charge in [0.25, 0.3) is 0 Å². The van der Waals surface area contributed by atoms with Crippen LogP contribution in [0.5, 0.6) is 0 Å². The van der Waals surface area contributed by atoms with Crippen molar-refractivity contribution in [2.75, 3.05) is 6.61 Å². The summed E-state index contributed by atoms with van der Waals surface area (Å²) in [6.07, 6.45) is 4.67. The normalized spacial score (nSPS) is 19.3. The Morgan fingerprint density at radius 3 is 3.00 bits per heavy atom. The maximum absolute atomic E-state index is 13.8. The zero-order valence-electron chi connectivity index (χ0n) is 11.6. The number of fused-ring (bicyclic) bond motifs is 1. The molecule has 0 spiro atoms. The number of ether oxygens (including phenoxy) is 1. The summed E-state index contributed by atoms with van der Waals surface area (Å²) >= 11 is 9.18. The van der Waals surface area contributed by atoms with Crippen molar-refractivity contribution in [3.63, 3.8) is 0 Å². The molecule has 1 aliphatic rings. The number of imidazole rings is 1. The standard InChI is InChI=1S/C15H17BrClFN2O/c16-11-7-13-14(8-12(11)18)20(15(9-17)19-13)5-4-10-3-1-2-6-21-10/h7-8,10H,1-6,9H2. The second-order valence-corrected chi connectivity index (χ2v) is 6.47. The minimum absolute atomic E-state index is 0.279. The monoisotopic (exact) mass is 374 g/mol. The molecule has 2 heterocycles. The first-order valence-corrected chi connectivity index (χ1v) is 8.53. The van der Waals surface area contributed by atoms with E-state index in [0.717, 1.165) is 49.3 Å². The van der Waals surface area contributed by atoms with Gasteiger partial charge in [-0.1, -0.05) is 0 Å². The van der Waals surface area contributed by atoms with Gasteiger partial charge in [0.2, 0.25) is 0 Å². The van der Waals surface area contributed by atoms with Crippen LogP contribution in [0.25, 0.3) is 11.0 Å². The van der Waals surface area contributed by atoms with Gasteiger partial charge in [-0.3, -0.25) is 0 Å². The number of aromatic nitrogens is 2. The van der Waals surface area contributed by atoms with Gasteiger partial charge in [0.05, 0.1) is 27.5 Å². The fraction of sp³-hybridized carbons (Fsp3) is 0.533. The van der Waals surface area contributed by atoms with Gasteiger partial charge in [-0.05, 0) is 47.7 Å². The molecule has 0 bridgehead atoms. The summed E-state index contributed by atoms with van der Waals surface area (Å²) in [7, 11) is 0. The summed E-state index contributed by atoms with van der Waals surface area (Å²) in [6, 6.07) is 3.22. The molecule has 1 unspecified atom stereocenters. The van der Waals surface area contributed by atoms with Gasteiger partial charge >= 0.3 is 0 Å². The molecule has 3 nitrogen and oxygen atoms in total. The number of benzene rings is 1. The van der Waals surface area contributed by atoms with Gasteiger partial charge < -0.3 is 9.30 Å². The van der Waals surface area contributed by atoms with Crippen LogP contribution in [0.2, 0.25) is 0 Å². The first-order valence-electron chi connectivity index (χ1n) is 7.21. The lowest BCUT2D eigenvalue weighted by atomic mass is 10.1. The second-order valence-electron chi connectivity index (χ2n) is 5.35. The number of hydrogen-bond donors (Lipinski definition) is 0. The lowest BCUT2D eigenvalue weighted by Crippen LogP contribution is -2.21. The molecule has 1 fully saturated rings. The molecular formula is C15H17BrClFN2O. The van der Waals surface area contributed by atoms with E-state index >= 15 is 0 Å². The Kier molecular flexibility index (Phi) is 4.82. The Bertz CT molecular complexity index is 640. The van der Waals surface area contributed by atoms with Crippen molar-refractivity contribution in [1.82, 2.24) is 9.55 Å². The van der Waals surface area contributed by atoms with E-state index in [4.69, 9.17) is 16.3 Å². The molecule has 1 aromatic heterocycles. The Labute approximate surface area is 136 Å². The van der Waals surface area contributed by atoms with Crippen LogP contribution in [0.3, 0.4) is 0 Å². The van der Waals surface area contributed by atoms with Gasteiger partial charge in [-0.25, -0.2) is 9.37 Å². The molecule has 0 amide bonds. The molecule has 0 radical (unpaired) electrons. The van der Waals surface area contributed by atoms with Crippen molar-refractivity contribution in [3.8, 4) is 0 Å². The molecule has 0 aliphatic carbocycles. The van der Waals surface area contributed by atoms with E-state index in [1.807, 2.05) is 4.57 Å². The molecular weight excluding hydrogens is 359 g/mol. The average Bonchev–Trinajstić information content (AvgIpc) is 2.83. The molecule has 1 aliphatic heterocycles. The highest BCUT2D eigenvalue weighted by atomic mass is 79.9. The van der Waals surface area contributed by atoms with E-state index in [2.05, 4.69) is 20.9 Å². The number of aryl methyl sites for hydroxylation is 1. The number of alkyl halides is 1. The van der Waals surface area contributed by atoms with E-state index in [-0.39, 0.29) is 5.82 Å². The molecule has 1 saturated heterocycles. The largest absolute Gasteiger partial charge is 0.378 e. The van der Waals surface area contributed by atoms with Gasteiger partial charge in [0.1, 0.15) is 11.6 Å². The molecule has 6 heteroatoms. The molecule has 2 aromatic rings. The highest BCUT2D eigenvalue weighted by Crippen LogP contribution is 2.26. The Hall–Kier alpha value is -0.650. The summed E-state index contributed by atoms with van der Waals surface area (Å²) in [5.74, 6) is 0.818. The highest BCUT2D eigenvalue weighted by Gasteiger charge is 2.17. The predicted octanol–water partition coefficient (Wildman–Crippen LogP) is 4.64. The number of halogens is 3. The van der Waals surface area contributed by atoms with E-state index < -0.39 is 0 Å². The predicted molar refractivity (Wildman–Crippen MR) is 85.2 cm³/mol. The van der Waals surface area contributed by atoms with Gasteiger partial charge in [0, 0.05) is 19.2 Å². The lowest BCUT2D eigenvalue weighted by molar-refractivity contribution is 0.00889. The first-order chi connectivity index (χ1) is 10.2. The van der Waals surface area contributed by atoms with Crippen LogP contribution in [0.1, 0.15) is 31.5 Å². The SMILES string of the molecule is Fc1cc2c(cc1Br)nc(CCl)n2CCC1CCCCO1. The quantitative estimate of drug-likeness (QED) is 0.728. The van der Waals surface area contributed by atoms with E-state index in [0.29, 0.717) is 16.5 Å². The van der Waals surface area contributed by atoms with Crippen LogP contribution in [-0.4, -0.2) is 22.3 Å². The van der Waals surface area contributed by atoms with Gasteiger partial charge in [-0.15, -0.1) is 11.6 Å². The molecule has 1 aromatic carbocycles. The van der Waals surface area contributed by atoms with Crippen molar-refractivity contribution >= 4 is 38.6 Å². The average molecular weight is 376 g/mol. The van der Waals surface area contributed by atoms with Gasteiger partial charge in [-0.2, -0.15) is 0 Å². The number of hydrogen-bond acceptors (Lipinski definition) is 2. The minimum Gasteiger partial charge on any atom is -0.378 e. The summed E-state index contributed by atoms with van der Waals surface area (Å²) in [4.78, 5) is 4.49. The van der Waals surface area contributed by atoms with Gasteiger partial charge in [0.15, 0.2) is 0 Å². The molecule has 114 valence electrons. The van der Waals surface area contributed by atoms with E-state index in [1.54, 1.807) is 6.07 Å². The first kappa shape index (κ1) is 15.3. The number of nitrogens with zero attached hydrogens (tertiary/aromatic N) is 2. The fourth-order valence-electron chi connectivity index (χ4n) is 2.83. The van der Waals surface area contributed by atoms with Crippen LogP contribution in [0.15, 0.2) is 16.6 Å². The Morgan fingerprint density at radius 2 is 2.29 bits per heavy atom. The maximum Gasteiger partial charge on any atom is 0.139 e. The topological polar surface area (TPSA) is 27.1 Å². The van der Waals surface area contributed by atoms with Crippen LogP contribution in [-0.2, 0) is 17.2 Å². The zero-order chi connectivity index (χ0) is 14.8. The molecule has 21 heavy (non-hydrogen) atoms. The third-order valence-corrected chi connectivity index (χ3v) is 4.78. The molecule has 0 saturated carbocycles. The fourth-order valence-corrected chi connectivity index (χ4v) is 3.37. The van der Waals surface area contributed by atoms with Crippen molar-refractivity contribution in [3.05, 3.63) is 28.2 Å². The third kappa shape index (κ3) is 3.25. The van der Waals surface area contributed by atoms with E-state index in [1.165, 1.54) is 12.5 Å². The van der Waals surface area contributed by atoms with Crippen LogP contribution in [0, 0.1) is 5.82 Å². The molecule has 0 N–H and O–H groups in total. The Morgan fingerprint density at radius 1 is 1.43 bits per heavy atom. The Balaban J connectivity index is 1.86. The summed E-state index contributed by atoms with van der Waals surface area (Å²) in [6.45, 7) is 1.60. The molecule has 1 atom stereocenters. The second kappa shape index (κ2) is 6.63. The van der Waals surface area contributed by atoms with Crippen molar-refractivity contribution in [1.29, 1.82) is 0 Å². The summed E-state index contributed by atoms with van der Waals surface area (Å²) in [5.41, 5.74) is 1.56. The zero-order valence-corrected chi connectivity index (χ0v) is 14.0. The highest BCUT2D eigenvalue weighted by molar-refractivity contribution is 9.10. The summed E-state index contributed by atoms with van der Waals surface area (Å²) in [5, 5.41) is 0. The number of rotatable bonds is 4. The minimum atomic E-state index is -0.279. The molecule has 3 rings (SSSR count).